The van der Waals surface area contributed by atoms with E-state index in [0.29, 0.717) is 11.8 Å². The fourth-order valence-electron chi connectivity index (χ4n) is 2.03. The van der Waals surface area contributed by atoms with Gasteiger partial charge in [-0.25, -0.2) is 0 Å². The maximum atomic E-state index is 6.02. The van der Waals surface area contributed by atoms with Crippen LogP contribution in [-0.4, -0.2) is 10.1 Å². The molecule has 0 saturated carbocycles. The molecule has 1 aromatic carbocycles. The van der Waals surface area contributed by atoms with Gasteiger partial charge in [-0.1, -0.05) is 49.3 Å². The second-order valence-corrected chi connectivity index (χ2v) is 5.27. The summed E-state index contributed by atoms with van der Waals surface area (Å²) in [4.78, 5) is 4.38. The molecular weight excluding hydrogens is 238 g/mol. The largest absolute Gasteiger partial charge is 0.338 e. The molecule has 2 rings (SSSR count). The van der Waals surface area contributed by atoms with Gasteiger partial charge in [-0.05, 0) is 24.3 Å². The predicted octanol–water partition coefficient (Wildman–Crippen LogP) is 2.90. The summed E-state index contributed by atoms with van der Waals surface area (Å²) < 4.78 is 5.23. The average molecular weight is 259 g/mol. The Morgan fingerprint density at radius 1 is 1.16 bits per heavy atom. The second-order valence-electron chi connectivity index (χ2n) is 5.27. The number of aromatic nitrogens is 2. The summed E-state index contributed by atoms with van der Waals surface area (Å²) in [5.74, 6) is 1.81. The Bertz CT molecular complexity index is 493. The fourth-order valence-corrected chi connectivity index (χ4v) is 2.03. The average Bonchev–Trinajstić information content (AvgIpc) is 2.86. The lowest BCUT2D eigenvalue weighted by Crippen LogP contribution is -2.13. The third-order valence-corrected chi connectivity index (χ3v) is 3.01. The smallest absolute Gasteiger partial charge is 0.243 e. The van der Waals surface area contributed by atoms with E-state index in [1.807, 2.05) is 18.2 Å². The lowest BCUT2D eigenvalue weighted by Gasteiger charge is -2.08. The number of hydrogen-bond acceptors (Lipinski definition) is 4. The molecule has 0 unspecified atom stereocenters. The summed E-state index contributed by atoms with van der Waals surface area (Å²) in [5.41, 5.74) is 7.30. The summed E-state index contributed by atoms with van der Waals surface area (Å²) >= 11 is 0. The minimum atomic E-state index is -0.155. The number of benzene rings is 1. The fraction of sp³-hybridized carbons (Fsp3) is 0.467. The van der Waals surface area contributed by atoms with E-state index in [-0.39, 0.29) is 6.04 Å². The monoisotopic (exact) mass is 259 g/mol. The van der Waals surface area contributed by atoms with E-state index in [1.165, 1.54) is 5.56 Å². The van der Waals surface area contributed by atoms with Gasteiger partial charge in [0.1, 0.15) is 0 Å². The van der Waals surface area contributed by atoms with E-state index in [9.17, 15) is 0 Å². The summed E-state index contributed by atoms with van der Waals surface area (Å²) in [6.07, 6.45) is 2.56. The molecule has 0 amide bonds. The van der Waals surface area contributed by atoms with Crippen LogP contribution in [0.4, 0.5) is 0 Å². The van der Waals surface area contributed by atoms with Crippen molar-refractivity contribution >= 4 is 0 Å². The first kappa shape index (κ1) is 13.7. The van der Waals surface area contributed by atoms with Crippen molar-refractivity contribution in [2.75, 3.05) is 0 Å². The van der Waals surface area contributed by atoms with Crippen LogP contribution in [0.15, 0.2) is 34.9 Å². The number of nitrogens with zero attached hydrogens (tertiary/aromatic N) is 2. The molecule has 0 aliphatic rings. The lowest BCUT2D eigenvalue weighted by atomic mass is 10.0. The van der Waals surface area contributed by atoms with E-state index in [2.05, 4.69) is 36.1 Å². The zero-order valence-corrected chi connectivity index (χ0v) is 11.5. The molecule has 0 saturated heterocycles. The van der Waals surface area contributed by atoms with E-state index in [0.717, 1.165) is 25.1 Å². The van der Waals surface area contributed by atoms with E-state index < -0.39 is 0 Å². The van der Waals surface area contributed by atoms with Gasteiger partial charge in [0.25, 0.3) is 0 Å². The van der Waals surface area contributed by atoms with Crippen molar-refractivity contribution in [1.29, 1.82) is 0 Å². The van der Waals surface area contributed by atoms with Crippen molar-refractivity contribution in [3.05, 3.63) is 47.6 Å². The quantitative estimate of drug-likeness (QED) is 0.866. The van der Waals surface area contributed by atoms with Gasteiger partial charge < -0.3 is 10.3 Å². The van der Waals surface area contributed by atoms with Gasteiger partial charge in [-0.15, -0.1) is 0 Å². The normalized spacial score (nSPS) is 12.8. The highest BCUT2D eigenvalue weighted by Gasteiger charge is 2.15. The van der Waals surface area contributed by atoms with Crippen LogP contribution in [-0.2, 0) is 12.8 Å². The van der Waals surface area contributed by atoms with Crippen molar-refractivity contribution in [1.82, 2.24) is 10.1 Å². The van der Waals surface area contributed by atoms with Crippen LogP contribution in [0.1, 0.15) is 43.6 Å². The molecule has 102 valence electrons. The van der Waals surface area contributed by atoms with Crippen molar-refractivity contribution in [3.8, 4) is 0 Å². The summed E-state index contributed by atoms with van der Waals surface area (Å²) in [7, 11) is 0. The molecule has 1 aromatic heterocycles. The van der Waals surface area contributed by atoms with E-state index >= 15 is 0 Å². The first-order chi connectivity index (χ1) is 9.15. The van der Waals surface area contributed by atoms with Crippen LogP contribution in [0, 0.1) is 5.92 Å². The Morgan fingerprint density at radius 3 is 2.58 bits per heavy atom. The highest BCUT2D eigenvalue weighted by Crippen LogP contribution is 2.17. The molecule has 2 N–H and O–H groups in total. The molecule has 0 spiro atoms. The Morgan fingerprint density at radius 2 is 1.89 bits per heavy atom. The summed E-state index contributed by atoms with van der Waals surface area (Å²) in [6, 6.07) is 10.1. The molecule has 0 bridgehead atoms. The number of hydrogen-bond donors (Lipinski definition) is 1. The highest BCUT2D eigenvalue weighted by molar-refractivity contribution is 5.15. The van der Waals surface area contributed by atoms with Gasteiger partial charge in [-0.2, -0.15) is 4.98 Å². The first-order valence-corrected chi connectivity index (χ1v) is 6.77. The third kappa shape index (κ3) is 4.17. The molecule has 0 radical (unpaired) electrons. The van der Waals surface area contributed by atoms with Crippen molar-refractivity contribution < 1.29 is 4.52 Å². The molecule has 0 fully saturated rings. The number of nitrogens with two attached hydrogens (primary N) is 1. The SMILES string of the molecule is CC(C)C[C@@H](N)c1nc(CCc2ccccc2)no1. The van der Waals surface area contributed by atoms with Crippen LogP contribution in [0.2, 0.25) is 0 Å². The van der Waals surface area contributed by atoms with Gasteiger partial charge >= 0.3 is 0 Å². The third-order valence-electron chi connectivity index (χ3n) is 3.01. The molecule has 2 aromatic rings. The van der Waals surface area contributed by atoms with Crippen LogP contribution >= 0.6 is 0 Å². The number of aryl methyl sites for hydroxylation is 2. The first-order valence-electron chi connectivity index (χ1n) is 6.77. The molecule has 19 heavy (non-hydrogen) atoms. The Balaban J connectivity index is 1.90. The van der Waals surface area contributed by atoms with E-state index in [1.54, 1.807) is 0 Å². The minimum absolute atomic E-state index is 0.155. The Kier molecular flexibility index (Phi) is 4.68. The molecular formula is C15H21N3O. The van der Waals surface area contributed by atoms with Crippen LogP contribution < -0.4 is 5.73 Å². The summed E-state index contributed by atoms with van der Waals surface area (Å²) in [5, 5.41) is 3.99. The van der Waals surface area contributed by atoms with Crippen molar-refractivity contribution in [2.24, 2.45) is 11.7 Å². The van der Waals surface area contributed by atoms with Gasteiger partial charge in [0, 0.05) is 6.42 Å². The molecule has 0 aliphatic heterocycles. The summed E-state index contributed by atoms with van der Waals surface area (Å²) in [6.45, 7) is 4.26. The molecule has 1 atom stereocenters. The van der Waals surface area contributed by atoms with Crippen LogP contribution in [0.5, 0.6) is 0 Å². The molecule has 0 aliphatic carbocycles. The van der Waals surface area contributed by atoms with Gasteiger partial charge in [-0.3, -0.25) is 0 Å². The minimum Gasteiger partial charge on any atom is -0.338 e. The van der Waals surface area contributed by atoms with Gasteiger partial charge in [0.15, 0.2) is 5.82 Å². The molecule has 1 heterocycles. The highest BCUT2D eigenvalue weighted by atomic mass is 16.5. The maximum Gasteiger partial charge on any atom is 0.243 e. The van der Waals surface area contributed by atoms with Gasteiger partial charge in [0.05, 0.1) is 6.04 Å². The Hall–Kier alpha value is -1.68. The van der Waals surface area contributed by atoms with Crippen LogP contribution in [0.3, 0.4) is 0 Å². The molecule has 4 heteroatoms. The van der Waals surface area contributed by atoms with E-state index in [4.69, 9.17) is 10.3 Å². The van der Waals surface area contributed by atoms with Crippen molar-refractivity contribution in [3.63, 3.8) is 0 Å². The predicted molar refractivity (Wildman–Crippen MR) is 74.5 cm³/mol. The van der Waals surface area contributed by atoms with Crippen molar-refractivity contribution in [2.45, 2.75) is 39.2 Å². The standard InChI is InChI=1S/C15H21N3O/c1-11(2)10-13(16)15-17-14(18-19-15)9-8-12-6-4-3-5-7-12/h3-7,11,13H,8-10,16H2,1-2H3/t13-/m1/s1. The van der Waals surface area contributed by atoms with Crippen LogP contribution in [0.25, 0.3) is 0 Å². The lowest BCUT2D eigenvalue weighted by molar-refractivity contribution is 0.332. The van der Waals surface area contributed by atoms with Gasteiger partial charge in [0.2, 0.25) is 5.89 Å². The molecule has 4 nitrogen and oxygen atoms in total. The second kappa shape index (κ2) is 6.48. The zero-order valence-electron chi connectivity index (χ0n) is 11.5. The zero-order chi connectivity index (χ0) is 13.7. The Labute approximate surface area is 114 Å². The maximum absolute atomic E-state index is 6.02. The topological polar surface area (TPSA) is 64.9 Å². The number of rotatable bonds is 6.